The minimum atomic E-state index is -3.17. The standard InChI is InChI=1S/C22H40N2O2S/c1-2-3-4-5-6-7-8-9-10-11-12-13-14-15-20-27(25,26)22-18-16-21(24-23)17-19-22/h16-19,24H,2-15,20,23H2,1H3. The summed E-state index contributed by atoms with van der Waals surface area (Å²) in [5.41, 5.74) is 3.22. The summed E-state index contributed by atoms with van der Waals surface area (Å²) in [6.07, 6.45) is 17.8. The van der Waals surface area contributed by atoms with Crippen LogP contribution in [0.1, 0.15) is 96.8 Å². The van der Waals surface area contributed by atoms with Crippen LogP contribution in [0.25, 0.3) is 0 Å². The smallest absolute Gasteiger partial charge is 0.178 e. The Labute approximate surface area is 167 Å². The molecule has 27 heavy (non-hydrogen) atoms. The zero-order valence-electron chi connectivity index (χ0n) is 17.2. The van der Waals surface area contributed by atoms with Crippen molar-refractivity contribution in [1.29, 1.82) is 0 Å². The third kappa shape index (κ3) is 11.4. The summed E-state index contributed by atoms with van der Waals surface area (Å²) in [5, 5.41) is 0. The fraction of sp³-hybridized carbons (Fsp3) is 0.727. The lowest BCUT2D eigenvalue weighted by molar-refractivity contribution is 0.537. The lowest BCUT2D eigenvalue weighted by atomic mass is 10.0. The van der Waals surface area contributed by atoms with E-state index in [9.17, 15) is 8.42 Å². The first-order valence-electron chi connectivity index (χ1n) is 10.9. The molecular formula is C22H40N2O2S. The molecule has 1 aromatic rings. The zero-order valence-corrected chi connectivity index (χ0v) is 18.0. The van der Waals surface area contributed by atoms with Gasteiger partial charge in [-0.1, -0.05) is 90.4 Å². The van der Waals surface area contributed by atoms with Gasteiger partial charge in [-0.15, -0.1) is 0 Å². The molecule has 1 rings (SSSR count). The molecule has 0 unspecified atom stereocenters. The van der Waals surface area contributed by atoms with Crippen molar-refractivity contribution >= 4 is 15.5 Å². The summed E-state index contributed by atoms with van der Waals surface area (Å²) < 4.78 is 24.6. The molecule has 0 atom stereocenters. The van der Waals surface area contributed by atoms with Gasteiger partial charge in [-0.25, -0.2) is 8.42 Å². The van der Waals surface area contributed by atoms with Crippen molar-refractivity contribution in [2.75, 3.05) is 11.2 Å². The average molecular weight is 397 g/mol. The first-order valence-corrected chi connectivity index (χ1v) is 12.5. The summed E-state index contributed by atoms with van der Waals surface area (Å²) in [4.78, 5) is 0.385. The van der Waals surface area contributed by atoms with E-state index in [1.165, 1.54) is 70.6 Å². The monoisotopic (exact) mass is 396 g/mol. The third-order valence-electron chi connectivity index (χ3n) is 5.15. The van der Waals surface area contributed by atoms with Crippen LogP contribution in [0.5, 0.6) is 0 Å². The predicted octanol–water partition coefficient (Wildman–Crippen LogP) is 6.23. The summed E-state index contributed by atoms with van der Waals surface area (Å²) in [7, 11) is -3.17. The number of hydrogen-bond acceptors (Lipinski definition) is 4. The quantitative estimate of drug-likeness (QED) is 0.186. The van der Waals surface area contributed by atoms with Gasteiger partial charge in [0.05, 0.1) is 10.6 Å². The lowest BCUT2D eigenvalue weighted by Crippen LogP contribution is -2.09. The van der Waals surface area contributed by atoms with Crippen molar-refractivity contribution in [3.05, 3.63) is 24.3 Å². The maximum Gasteiger partial charge on any atom is 0.178 e. The fourth-order valence-corrected chi connectivity index (χ4v) is 4.73. The highest BCUT2D eigenvalue weighted by Crippen LogP contribution is 2.17. The van der Waals surface area contributed by atoms with Crippen molar-refractivity contribution in [2.24, 2.45) is 5.84 Å². The number of nitrogens with one attached hydrogen (secondary N) is 1. The van der Waals surface area contributed by atoms with Crippen LogP contribution in [0.15, 0.2) is 29.2 Å². The van der Waals surface area contributed by atoms with E-state index >= 15 is 0 Å². The van der Waals surface area contributed by atoms with E-state index in [-0.39, 0.29) is 5.75 Å². The predicted molar refractivity (Wildman–Crippen MR) is 117 cm³/mol. The highest BCUT2D eigenvalue weighted by atomic mass is 32.2. The first-order chi connectivity index (χ1) is 13.1. The number of rotatable bonds is 17. The van der Waals surface area contributed by atoms with Crippen molar-refractivity contribution in [3.8, 4) is 0 Å². The largest absolute Gasteiger partial charge is 0.324 e. The summed E-state index contributed by atoms with van der Waals surface area (Å²) >= 11 is 0. The second kappa shape index (κ2) is 14.9. The minimum Gasteiger partial charge on any atom is -0.324 e. The van der Waals surface area contributed by atoms with E-state index in [1.807, 2.05) is 0 Å². The van der Waals surface area contributed by atoms with E-state index in [0.717, 1.165) is 19.3 Å². The Bertz CT molecular complexity index is 570. The molecule has 0 aromatic heterocycles. The molecule has 0 saturated heterocycles. The number of nitrogen functional groups attached to an aromatic ring is 1. The normalized spacial score (nSPS) is 11.6. The molecule has 0 spiro atoms. The number of hydrogen-bond donors (Lipinski definition) is 2. The van der Waals surface area contributed by atoms with Gasteiger partial charge in [0.1, 0.15) is 0 Å². The van der Waals surface area contributed by atoms with E-state index < -0.39 is 9.84 Å². The van der Waals surface area contributed by atoms with Crippen molar-refractivity contribution in [2.45, 2.75) is 102 Å². The third-order valence-corrected chi connectivity index (χ3v) is 6.96. The van der Waals surface area contributed by atoms with Crippen LogP contribution in [0.3, 0.4) is 0 Å². The number of unbranched alkanes of at least 4 members (excludes halogenated alkanes) is 13. The lowest BCUT2D eigenvalue weighted by Gasteiger charge is -2.06. The molecule has 0 amide bonds. The SMILES string of the molecule is CCCCCCCCCCCCCCCCS(=O)(=O)c1ccc(NN)cc1. The molecule has 3 N–H and O–H groups in total. The Morgan fingerprint density at radius 1 is 0.704 bits per heavy atom. The number of anilines is 1. The molecule has 0 radical (unpaired) electrons. The second-order valence-corrected chi connectivity index (χ2v) is 9.69. The van der Waals surface area contributed by atoms with Gasteiger partial charge in [-0.3, -0.25) is 5.84 Å². The number of sulfone groups is 1. The second-order valence-electron chi connectivity index (χ2n) is 7.58. The molecule has 0 bridgehead atoms. The number of hydrazine groups is 1. The molecule has 156 valence electrons. The molecule has 0 saturated carbocycles. The summed E-state index contributed by atoms with van der Waals surface area (Å²) in [6, 6.07) is 6.62. The maximum atomic E-state index is 12.3. The van der Waals surface area contributed by atoms with Crippen molar-refractivity contribution in [3.63, 3.8) is 0 Å². The number of benzene rings is 1. The van der Waals surface area contributed by atoms with E-state index in [2.05, 4.69) is 12.3 Å². The topological polar surface area (TPSA) is 72.2 Å². The Balaban J connectivity index is 1.97. The van der Waals surface area contributed by atoms with Gasteiger partial charge in [0.15, 0.2) is 9.84 Å². The van der Waals surface area contributed by atoms with Crippen molar-refractivity contribution < 1.29 is 8.42 Å². The van der Waals surface area contributed by atoms with Crippen LogP contribution < -0.4 is 11.3 Å². The summed E-state index contributed by atoms with van der Waals surface area (Å²) in [6.45, 7) is 2.26. The highest BCUT2D eigenvalue weighted by Gasteiger charge is 2.13. The number of nitrogens with two attached hydrogens (primary N) is 1. The van der Waals surface area contributed by atoms with E-state index in [4.69, 9.17) is 5.84 Å². The molecule has 4 nitrogen and oxygen atoms in total. The van der Waals surface area contributed by atoms with Crippen molar-refractivity contribution in [1.82, 2.24) is 0 Å². The van der Waals surface area contributed by atoms with Crippen LogP contribution in [0.4, 0.5) is 5.69 Å². The maximum absolute atomic E-state index is 12.3. The summed E-state index contributed by atoms with van der Waals surface area (Å²) in [5.74, 6) is 5.54. The molecule has 0 aliphatic heterocycles. The molecule has 0 heterocycles. The molecule has 5 heteroatoms. The first kappa shape index (κ1) is 24.0. The van der Waals surface area contributed by atoms with Crippen LogP contribution in [-0.2, 0) is 9.84 Å². The van der Waals surface area contributed by atoms with Gasteiger partial charge in [-0.05, 0) is 30.7 Å². The van der Waals surface area contributed by atoms with Gasteiger partial charge in [0.2, 0.25) is 0 Å². The molecule has 0 aliphatic rings. The average Bonchev–Trinajstić information content (AvgIpc) is 2.68. The Kier molecular flexibility index (Phi) is 13.2. The zero-order chi connectivity index (χ0) is 19.8. The molecule has 1 aromatic carbocycles. The molecule has 0 aliphatic carbocycles. The van der Waals surface area contributed by atoms with E-state index in [0.29, 0.717) is 10.6 Å². The Hall–Kier alpha value is -1.07. The molecular weight excluding hydrogens is 356 g/mol. The van der Waals surface area contributed by atoms with Crippen LogP contribution in [0.2, 0.25) is 0 Å². The van der Waals surface area contributed by atoms with Gasteiger partial charge in [0.25, 0.3) is 0 Å². The van der Waals surface area contributed by atoms with Gasteiger partial charge >= 0.3 is 0 Å². The van der Waals surface area contributed by atoms with E-state index in [1.54, 1.807) is 24.3 Å². The van der Waals surface area contributed by atoms with Crippen LogP contribution in [-0.4, -0.2) is 14.2 Å². The van der Waals surface area contributed by atoms with Gasteiger partial charge in [0, 0.05) is 5.69 Å². The van der Waals surface area contributed by atoms with Crippen LogP contribution >= 0.6 is 0 Å². The Morgan fingerprint density at radius 2 is 1.11 bits per heavy atom. The highest BCUT2D eigenvalue weighted by molar-refractivity contribution is 7.91. The fourth-order valence-electron chi connectivity index (χ4n) is 3.36. The molecule has 0 fully saturated rings. The Morgan fingerprint density at radius 3 is 1.52 bits per heavy atom. The van der Waals surface area contributed by atoms with Crippen LogP contribution in [0, 0.1) is 0 Å². The van der Waals surface area contributed by atoms with Gasteiger partial charge < -0.3 is 5.43 Å². The van der Waals surface area contributed by atoms with Gasteiger partial charge in [-0.2, -0.15) is 0 Å². The minimum absolute atomic E-state index is 0.237.